The fourth-order valence-corrected chi connectivity index (χ4v) is 1.68. The van der Waals surface area contributed by atoms with Gasteiger partial charge < -0.3 is 14.8 Å². The van der Waals surface area contributed by atoms with Crippen LogP contribution in [0.1, 0.15) is 25.5 Å². The Morgan fingerprint density at radius 2 is 2.24 bits per heavy atom. The van der Waals surface area contributed by atoms with Crippen molar-refractivity contribution in [1.82, 2.24) is 5.32 Å². The zero-order chi connectivity index (χ0) is 12.8. The number of furan rings is 1. The SMILES string of the molecule is CC(=O)NC(CCC(=O)O)Cc1ccc(Cl)o1. The summed E-state index contributed by atoms with van der Waals surface area (Å²) in [5.74, 6) is -0.463. The van der Waals surface area contributed by atoms with E-state index in [1.54, 1.807) is 12.1 Å². The summed E-state index contributed by atoms with van der Waals surface area (Å²) in [5, 5.41) is 11.6. The number of hydrogen-bond donors (Lipinski definition) is 2. The van der Waals surface area contributed by atoms with Gasteiger partial charge in [-0.2, -0.15) is 0 Å². The van der Waals surface area contributed by atoms with Gasteiger partial charge in [-0.05, 0) is 30.2 Å². The third-order valence-corrected chi connectivity index (χ3v) is 2.39. The number of halogens is 1. The molecular weight excluding hydrogens is 246 g/mol. The second-order valence-corrected chi connectivity index (χ2v) is 4.11. The first kappa shape index (κ1) is 13.6. The molecule has 0 aliphatic rings. The van der Waals surface area contributed by atoms with Crippen LogP contribution in [0.15, 0.2) is 16.5 Å². The molecule has 0 bridgehead atoms. The monoisotopic (exact) mass is 259 g/mol. The number of hydrogen-bond acceptors (Lipinski definition) is 3. The Morgan fingerprint density at radius 1 is 1.53 bits per heavy atom. The molecule has 1 atom stereocenters. The molecule has 0 saturated carbocycles. The summed E-state index contributed by atoms with van der Waals surface area (Å²) in [6.07, 6.45) is 0.784. The Hall–Kier alpha value is -1.49. The molecule has 17 heavy (non-hydrogen) atoms. The van der Waals surface area contributed by atoms with Gasteiger partial charge in [0.1, 0.15) is 5.76 Å². The van der Waals surface area contributed by atoms with Crippen molar-refractivity contribution in [3.8, 4) is 0 Å². The molecule has 1 aromatic heterocycles. The summed E-state index contributed by atoms with van der Waals surface area (Å²) in [7, 11) is 0. The van der Waals surface area contributed by atoms with Crippen molar-refractivity contribution < 1.29 is 19.1 Å². The average molecular weight is 260 g/mol. The molecular formula is C11H14ClNO4. The molecule has 1 rings (SSSR count). The molecule has 0 aromatic carbocycles. The molecule has 0 aliphatic carbocycles. The molecule has 0 saturated heterocycles. The minimum absolute atomic E-state index is 0.000608. The van der Waals surface area contributed by atoms with E-state index in [0.717, 1.165) is 0 Å². The molecule has 0 spiro atoms. The van der Waals surface area contributed by atoms with Crippen LogP contribution in [-0.2, 0) is 16.0 Å². The molecule has 1 aromatic rings. The largest absolute Gasteiger partial charge is 0.481 e. The Balaban J connectivity index is 2.56. The highest BCUT2D eigenvalue weighted by atomic mass is 35.5. The van der Waals surface area contributed by atoms with Crippen LogP contribution in [-0.4, -0.2) is 23.0 Å². The van der Waals surface area contributed by atoms with Crippen molar-refractivity contribution in [2.24, 2.45) is 0 Å². The maximum absolute atomic E-state index is 11.0. The predicted octanol–water partition coefficient (Wildman–Crippen LogP) is 1.85. The molecule has 1 unspecified atom stereocenters. The summed E-state index contributed by atoms with van der Waals surface area (Å²) in [5.41, 5.74) is 0. The number of aliphatic carboxylic acids is 1. The zero-order valence-corrected chi connectivity index (χ0v) is 10.2. The van der Waals surface area contributed by atoms with Crippen LogP contribution in [0.5, 0.6) is 0 Å². The fraction of sp³-hybridized carbons (Fsp3) is 0.455. The highest BCUT2D eigenvalue weighted by molar-refractivity contribution is 6.28. The number of carboxylic acids is 1. The highest BCUT2D eigenvalue weighted by Gasteiger charge is 2.14. The molecule has 0 fully saturated rings. The zero-order valence-electron chi connectivity index (χ0n) is 9.40. The molecule has 1 heterocycles. The number of carboxylic acid groups (broad SMARTS) is 1. The van der Waals surface area contributed by atoms with E-state index < -0.39 is 5.97 Å². The van der Waals surface area contributed by atoms with Crippen LogP contribution in [0.25, 0.3) is 0 Å². The first-order valence-electron chi connectivity index (χ1n) is 5.20. The lowest BCUT2D eigenvalue weighted by Gasteiger charge is -2.15. The van der Waals surface area contributed by atoms with Gasteiger partial charge in [-0.15, -0.1) is 0 Å². The van der Waals surface area contributed by atoms with Crippen LogP contribution in [0.3, 0.4) is 0 Å². The van der Waals surface area contributed by atoms with Crippen LogP contribution >= 0.6 is 11.6 Å². The van der Waals surface area contributed by atoms with E-state index in [9.17, 15) is 9.59 Å². The normalized spacial score (nSPS) is 12.1. The number of amides is 1. The second-order valence-electron chi connectivity index (χ2n) is 3.74. The number of carbonyl (C=O) groups is 2. The van der Waals surface area contributed by atoms with Gasteiger partial charge in [-0.25, -0.2) is 0 Å². The Bertz CT molecular complexity index is 402. The van der Waals surface area contributed by atoms with E-state index in [-0.39, 0.29) is 23.6 Å². The van der Waals surface area contributed by atoms with Crippen LogP contribution in [0, 0.1) is 0 Å². The van der Waals surface area contributed by atoms with Gasteiger partial charge >= 0.3 is 5.97 Å². The average Bonchev–Trinajstić information content (AvgIpc) is 2.59. The van der Waals surface area contributed by atoms with Crippen LogP contribution < -0.4 is 5.32 Å². The third-order valence-electron chi connectivity index (χ3n) is 2.19. The van der Waals surface area contributed by atoms with Gasteiger partial charge in [0.15, 0.2) is 5.22 Å². The van der Waals surface area contributed by atoms with Crippen LogP contribution in [0.2, 0.25) is 5.22 Å². The van der Waals surface area contributed by atoms with Crippen molar-refractivity contribution in [1.29, 1.82) is 0 Å². The Kier molecular flexibility index (Phi) is 5.03. The Labute approximate surface area is 104 Å². The molecule has 6 heteroatoms. The third kappa shape index (κ3) is 5.40. The second kappa shape index (κ2) is 6.30. The summed E-state index contributed by atoms with van der Waals surface area (Å²) < 4.78 is 5.17. The smallest absolute Gasteiger partial charge is 0.303 e. The number of nitrogens with one attached hydrogen (secondary N) is 1. The standard InChI is InChI=1S/C11H14ClNO4/c1-7(14)13-8(2-5-11(15)16)6-9-3-4-10(12)17-9/h3-4,8H,2,5-6H2,1H3,(H,13,14)(H,15,16). The maximum Gasteiger partial charge on any atom is 0.303 e. The molecule has 94 valence electrons. The first-order valence-corrected chi connectivity index (χ1v) is 5.58. The van der Waals surface area contributed by atoms with E-state index in [0.29, 0.717) is 18.6 Å². The predicted molar refractivity (Wildman–Crippen MR) is 61.9 cm³/mol. The molecule has 0 aliphatic heterocycles. The summed E-state index contributed by atoms with van der Waals surface area (Å²) >= 11 is 5.63. The summed E-state index contributed by atoms with van der Waals surface area (Å²) in [6.45, 7) is 1.39. The van der Waals surface area contributed by atoms with Crippen molar-refractivity contribution in [3.63, 3.8) is 0 Å². The minimum Gasteiger partial charge on any atom is -0.481 e. The highest BCUT2D eigenvalue weighted by Crippen LogP contribution is 2.16. The van der Waals surface area contributed by atoms with Gasteiger partial charge in [0.05, 0.1) is 0 Å². The topological polar surface area (TPSA) is 79.5 Å². The van der Waals surface area contributed by atoms with Crippen molar-refractivity contribution in [3.05, 3.63) is 23.1 Å². The summed E-state index contributed by atoms with van der Waals surface area (Å²) in [6, 6.07) is 3.06. The van der Waals surface area contributed by atoms with Gasteiger partial charge in [0.2, 0.25) is 5.91 Å². The van der Waals surface area contributed by atoms with Crippen LogP contribution in [0.4, 0.5) is 0 Å². The van der Waals surface area contributed by atoms with Gasteiger partial charge in [-0.1, -0.05) is 0 Å². The van der Waals surface area contributed by atoms with Gasteiger partial charge in [0, 0.05) is 25.8 Å². The van der Waals surface area contributed by atoms with E-state index in [1.165, 1.54) is 6.92 Å². The van der Waals surface area contributed by atoms with Gasteiger partial charge in [0.25, 0.3) is 0 Å². The van der Waals surface area contributed by atoms with Gasteiger partial charge in [-0.3, -0.25) is 9.59 Å². The molecule has 5 nitrogen and oxygen atoms in total. The number of rotatable bonds is 6. The van der Waals surface area contributed by atoms with E-state index in [2.05, 4.69) is 5.32 Å². The van der Waals surface area contributed by atoms with Crippen molar-refractivity contribution in [2.45, 2.75) is 32.2 Å². The van der Waals surface area contributed by atoms with E-state index >= 15 is 0 Å². The summed E-state index contributed by atoms with van der Waals surface area (Å²) in [4.78, 5) is 21.5. The molecule has 2 N–H and O–H groups in total. The lowest BCUT2D eigenvalue weighted by molar-refractivity contribution is -0.137. The quantitative estimate of drug-likeness (QED) is 0.817. The lowest BCUT2D eigenvalue weighted by atomic mass is 10.1. The van der Waals surface area contributed by atoms with Crippen molar-refractivity contribution in [2.75, 3.05) is 0 Å². The van der Waals surface area contributed by atoms with E-state index in [1.807, 2.05) is 0 Å². The van der Waals surface area contributed by atoms with Crippen molar-refractivity contribution >= 4 is 23.5 Å². The Morgan fingerprint density at radius 3 is 2.71 bits per heavy atom. The maximum atomic E-state index is 11.0. The first-order chi connectivity index (χ1) is 7.97. The van der Waals surface area contributed by atoms with E-state index in [4.69, 9.17) is 21.1 Å². The minimum atomic E-state index is -0.891. The fourth-order valence-electron chi connectivity index (χ4n) is 1.51. The lowest BCUT2D eigenvalue weighted by Crippen LogP contribution is -2.35. The number of carbonyl (C=O) groups excluding carboxylic acids is 1. The molecule has 1 amide bonds. The molecule has 0 radical (unpaired) electrons.